The normalized spacial score (nSPS) is 19.9. The van der Waals surface area contributed by atoms with Crippen molar-refractivity contribution in [3.63, 3.8) is 0 Å². The molecule has 27 heavy (non-hydrogen) atoms. The van der Waals surface area contributed by atoms with Crippen LogP contribution in [0.3, 0.4) is 0 Å². The fourth-order valence-electron chi connectivity index (χ4n) is 3.71. The van der Waals surface area contributed by atoms with Crippen LogP contribution in [0, 0.1) is 0 Å². The van der Waals surface area contributed by atoms with Gasteiger partial charge in [-0.15, -0.1) is 0 Å². The number of hydrogen-bond acceptors (Lipinski definition) is 5. The number of aromatic nitrogens is 5. The zero-order chi connectivity index (χ0) is 18.6. The molecule has 0 radical (unpaired) electrons. The zero-order valence-corrected chi connectivity index (χ0v) is 15.5. The molecule has 0 aromatic carbocycles. The Bertz CT molecular complexity index is 940. The van der Waals surface area contributed by atoms with Crippen molar-refractivity contribution in [3.05, 3.63) is 65.0 Å². The minimum Gasteiger partial charge on any atom is -0.308 e. The van der Waals surface area contributed by atoms with Crippen molar-refractivity contribution < 1.29 is 0 Å². The van der Waals surface area contributed by atoms with Crippen LogP contribution in [-0.2, 0) is 13.6 Å². The minimum atomic E-state index is -0.0286. The minimum absolute atomic E-state index is 0.0286. The molecule has 7 heteroatoms. The van der Waals surface area contributed by atoms with E-state index in [9.17, 15) is 4.79 Å². The highest BCUT2D eigenvalue weighted by atomic mass is 16.1. The standard InChI is InChI=1S/C20H24N6O/c1-25-18(10-13-23-25)14-22-16-2-4-17(5-3-16)26-20(27)7-6-19(24-26)15-8-11-21-12-9-15/h6-13,16-17,22H,2-5,14H2,1H3. The van der Waals surface area contributed by atoms with Gasteiger partial charge in [-0.3, -0.25) is 14.5 Å². The van der Waals surface area contributed by atoms with Crippen LogP contribution in [-0.4, -0.2) is 30.6 Å². The van der Waals surface area contributed by atoms with E-state index in [1.165, 1.54) is 5.69 Å². The summed E-state index contributed by atoms with van der Waals surface area (Å²) in [6.45, 7) is 0.821. The molecule has 0 amide bonds. The van der Waals surface area contributed by atoms with Gasteiger partial charge < -0.3 is 5.32 Å². The van der Waals surface area contributed by atoms with Gasteiger partial charge in [0.25, 0.3) is 5.56 Å². The summed E-state index contributed by atoms with van der Waals surface area (Å²) >= 11 is 0. The third-order valence-corrected chi connectivity index (χ3v) is 5.34. The maximum atomic E-state index is 12.4. The molecule has 1 aliphatic rings. The summed E-state index contributed by atoms with van der Waals surface area (Å²) in [5, 5.41) is 12.4. The Morgan fingerprint density at radius 3 is 2.52 bits per heavy atom. The molecule has 140 valence electrons. The second kappa shape index (κ2) is 7.84. The van der Waals surface area contributed by atoms with Crippen LogP contribution < -0.4 is 10.9 Å². The molecule has 4 rings (SSSR count). The first-order valence-corrected chi connectivity index (χ1v) is 9.41. The Labute approximate surface area is 158 Å². The van der Waals surface area contributed by atoms with Gasteiger partial charge in [0.2, 0.25) is 0 Å². The van der Waals surface area contributed by atoms with Gasteiger partial charge in [-0.25, -0.2) is 4.68 Å². The van der Waals surface area contributed by atoms with Crippen LogP contribution in [0.15, 0.2) is 53.7 Å². The fourth-order valence-corrected chi connectivity index (χ4v) is 3.71. The lowest BCUT2D eigenvalue weighted by Gasteiger charge is -2.29. The smallest absolute Gasteiger partial charge is 0.267 e. The molecule has 0 saturated heterocycles. The first kappa shape index (κ1) is 17.6. The predicted molar refractivity (Wildman–Crippen MR) is 103 cm³/mol. The van der Waals surface area contributed by atoms with Crippen molar-refractivity contribution in [2.45, 2.75) is 44.3 Å². The highest BCUT2D eigenvalue weighted by Gasteiger charge is 2.24. The van der Waals surface area contributed by atoms with Crippen molar-refractivity contribution in [1.29, 1.82) is 0 Å². The number of hydrogen-bond donors (Lipinski definition) is 1. The maximum Gasteiger partial charge on any atom is 0.267 e. The number of rotatable bonds is 5. The van der Waals surface area contributed by atoms with Crippen LogP contribution in [0.2, 0.25) is 0 Å². The first-order chi connectivity index (χ1) is 13.2. The van der Waals surface area contributed by atoms with Crippen molar-refractivity contribution >= 4 is 0 Å². The Morgan fingerprint density at radius 2 is 1.81 bits per heavy atom. The number of nitrogens with one attached hydrogen (secondary N) is 1. The molecule has 0 aliphatic heterocycles. The van der Waals surface area contributed by atoms with Crippen LogP contribution >= 0.6 is 0 Å². The van der Waals surface area contributed by atoms with E-state index in [-0.39, 0.29) is 11.6 Å². The van der Waals surface area contributed by atoms with E-state index in [0.29, 0.717) is 6.04 Å². The van der Waals surface area contributed by atoms with E-state index in [1.807, 2.05) is 36.1 Å². The molecular formula is C20H24N6O. The van der Waals surface area contributed by atoms with E-state index in [0.717, 1.165) is 43.5 Å². The first-order valence-electron chi connectivity index (χ1n) is 9.41. The van der Waals surface area contributed by atoms with E-state index >= 15 is 0 Å². The van der Waals surface area contributed by atoms with E-state index in [1.54, 1.807) is 29.2 Å². The Morgan fingerprint density at radius 1 is 1.04 bits per heavy atom. The van der Waals surface area contributed by atoms with Crippen molar-refractivity contribution in [1.82, 2.24) is 29.9 Å². The molecule has 1 aliphatic carbocycles. The maximum absolute atomic E-state index is 12.4. The monoisotopic (exact) mass is 364 g/mol. The lowest BCUT2D eigenvalue weighted by atomic mass is 9.91. The van der Waals surface area contributed by atoms with Gasteiger partial charge in [0, 0.05) is 49.9 Å². The number of pyridine rings is 1. The lowest BCUT2D eigenvalue weighted by Crippen LogP contribution is -2.36. The summed E-state index contributed by atoms with van der Waals surface area (Å²) in [7, 11) is 1.96. The van der Waals surface area contributed by atoms with Gasteiger partial charge in [0.05, 0.1) is 17.4 Å². The van der Waals surface area contributed by atoms with Gasteiger partial charge in [-0.05, 0) is 49.9 Å². The average Bonchev–Trinajstić information content (AvgIpc) is 3.13. The molecule has 0 atom stereocenters. The highest BCUT2D eigenvalue weighted by Crippen LogP contribution is 2.27. The highest BCUT2D eigenvalue weighted by molar-refractivity contribution is 5.57. The van der Waals surface area contributed by atoms with E-state index in [2.05, 4.69) is 20.5 Å². The Hall–Kier alpha value is -2.80. The van der Waals surface area contributed by atoms with Gasteiger partial charge in [0.15, 0.2) is 0 Å². The largest absolute Gasteiger partial charge is 0.308 e. The summed E-state index contributed by atoms with van der Waals surface area (Å²) in [5.74, 6) is 0. The van der Waals surface area contributed by atoms with Crippen molar-refractivity contribution in [2.75, 3.05) is 0 Å². The van der Waals surface area contributed by atoms with Crippen LogP contribution in [0.4, 0.5) is 0 Å². The predicted octanol–water partition coefficient (Wildman–Crippen LogP) is 2.31. The topological polar surface area (TPSA) is 77.6 Å². The summed E-state index contributed by atoms with van der Waals surface area (Å²) in [6.07, 6.45) is 9.29. The molecule has 0 bridgehead atoms. The fraction of sp³-hybridized carbons (Fsp3) is 0.400. The van der Waals surface area contributed by atoms with Gasteiger partial charge in [-0.1, -0.05) is 0 Å². The van der Waals surface area contributed by atoms with Gasteiger partial charge >= 0.3 is 0 Å². The third kappa shape index (κ3) is 3.98. The molecule has 0 spiro atoms. The number of aryl methyl sites for hydroxylation is 1. The van der Waals surface area contributed by atoms with E-state index < -0.39 is 0 Å². The van der Waals surface area contributed by atoms with E-state index in [4.69, 9.17) is 0 Å². The Balaban J connectivity index is 1.41. The molecule has 3 heterocycles. The molecule has 1 N–H and O–H groups in total. The lowest BCUT2D eigenvalue weighted by molar-refractivity contribution is 0.268. The molecule has 1 fully saturated rings. The molecule has 7 nitrogen and oxygen atoms in total. The quantitative estimate of drug-likeness (QED) is 0.752. The molecule has 3 aromatic heterocycles. The SMILES string of the molecule is Cn1nccc1CNC1CCC(n2nc(-c3ccncc3)ccc2=O)CC1. The molecule has 3 aromatic rings. The second-order valence-electron chi connectivity index (χ2n) is 7.07. The Kier molecular flexibility index (Phi) is 5.11. The second-order valence-corrected chi connectivity index (χ2v) is 7.07. The summed E-state index contributed by atoms with van der Waals surface area (Å²) in [5.41, 5.74) is 2.94. The summed E-state index contributed by atoms with van der Waals surface area (Å²) in [4.78, 5) is 16.4. The number of nitrogens with zero attached hydrogens (tertiary/aromatic N) is 5. The van der Waals surface area contributed by atoms with Crippen LogP contribution in [0.5, 0.6) is 0 Å². The van der Waals surface area contributed by atoms with Gasteiger partial charge in [-0.2, -0.15) is 10.2 Å². The van der Waals surface area contributed by atoms with Crippen molar-refractivity contribution in [2.24, 2.45) is 7.05 Å². The molecular weight excluding hydrogens is 340 g/mol. The molecule has 0 unspecified atom stereocenters. The zero-order valence-electron chi connectivity index (χ0n) is 15.5. The van der Waals surface area contributed by atoms with Crippen LogP contribution in [0.1, 0.15) is 37.4 Å². The molecule has 1 saturated carbocycles. The summed E-state index contributed by atoms with van der Waals surface area (Å²) in [6, 6.07) is 9.90. The van der Waals surface area contributed by atoms with Crippen LogP contribution in [0.25, 0.3) is 11.3 Å². The summed E-state index contributed by atoms with van der Waals surface area (Å²) < 4.78 is 3.57. The van der Waals surface area contributed by atoms with Crippen molar-refractivity contribution in [3.8, 4) is 11.3 Å². The average molecular weight is 364 g/mol. The van der Waals surface area contributed by atoms with Gasteiger partial charge in [0.1, 0.15) is 0 Å². The third-order valence-electron chi connectivity index (χ3n) is 5.34.